The summed E-state index contributed by atoms with van der Waals surface area (Å²) in [7, 11) is 0. The van der Waals surface area contributed by atoms with E-state index in [1.165, 1.54) is 19.1 Å². The van der Waals surface area contributed by atoms with Gasteiger partial charge in [0.25, 0.3) is 5.92 Å². The third-order valence-corrected chi connectivity index (χ3v) is 3.27. The molecule has 1 aromatic carbocycles. The van der Waals surface area contributed by atoms with Gasteiger partial charge < -0.3 is 9.84 Å². The molecule has 0 saturated heterocycles. The first-order valence-electron chi connectivity index (χ1n) is 6.18. The predicted molar refractivity (Wildman–Crippen MR) is 64.9 cm³/mol. The topological polar surface area (TPSA) is 46.5 Å². The van der Waals surface area contributed by atoms with Crippen LogP contribution in [-0.4, -0.2) is 11.1 Å². The molecule has 5 heteroatoms. The molecule has 1 N–H and O–H groups in total. The lowest BCUT2D eigenvalue weighted by molar-refractivity contribution is -0.138. The van der Waals surface area contributed by atoms with Crippen LogP contribution < -0.4 is 0 Å². The molecule has 0 saturated carbocycles. The first-order valence-corrected chi connectivity index (χ1v) is 6.18. The lowest BCUT2D eigenvalue weighted by atomic mass is 9.93. The van der Waals surface area contributed by atoms with Crippen molar-refractivity contribution in [2.24, 2.45) is 5.92 Å². The van der Waals surface area contributed by atoms with Crippen molar-refractivity contribution in [1.29, 1.82) is 0 Å². The van der Waals surface area contributed by atoms with Gasteiger partial charge in [0.2, 0.25) is 0 Å². The van der Waals surface area contributed by atoms with Crippen LogP contribution in [0.2, 0.25) is 0 Å². The summed E-state index contributed by atoms with van der Waals surface area (Å²) in [6, 6.07) is 4.53. The number of carboxylic acids is 1. The number of rotatable bonds is 5. The maximum Gasteiger partial charge on any atom is 0.303 e. The molecule has 104 valence electrons. The molecule has 0 aromatic heterocycles. The molecule has 0 radical (unpaired) electrons. The van der Waals surface area contributed by atoms with E-state index in [0.29, 0.717) is 13.2 Å². The van der Waals surface area contributed by atoms with Gasteiger partial charge >= 0.3 is 5.97 Å². The number of aliphatic carboxylic acids is 1. The van der Waals surface area contributed by atoms with E-state index < -0.39 is 24.2 Å². The van der Waals surface area contributed by atoms with E-state index in [9.17, 15) is 13.6 Å². The molecule has 3 nitrogen and oxygen atoms in total. The number of benzene rings is 1. The summed E-state index contributed by atoms with van der Waals surface area (Å²) in [5, 5.41) is 8.62. The third kappa shape index (κ3) is 3.29. The van der Waals surface area contributed by atoms with Crippen LogP contribution in [0.4, 0.5) is 8.78 Å². The van der Waals surface area contributed by atoms with Gasteiger partial charge in [-0.25, -0.2) is 8.78 Å². The minimum absolute atomic E-state index is 0.0611. The molecule has 1 aromatic rings. The number of alkyl halides is 2. The van der Waals surface area contributed by atoms with Crippen molar-refractivity contribution < 1.29 is 23.4 Å². The molecule has 0 amide bonds. The van der Waals surface area contributed by atoms with E-state index in [0.717, 1.165) is 11.1 Å². The molecule has 19 heavy (non-hydrogen) atoms. The van der Waals surface area contributed by atoms with Gasteiger partial charge in [0.15, 0.2) is 0 Å². The van der Waals surface area contributed by atoms with Crippen molar-refractivity contribution in [2.75, 3.05) is 0 Å². The molecule has 0 spiro atoms. The van der Waals surface area contributed by atoms with Crippen molar-refractivity contribution >= 4 is 5.97 Å². The van der Waals surface area contributed by atoms with Crippen LogP contribution in [0.15, 0.2) is 18.2 Å². The number of fused-ring (bicyclic) bond motifs is 1. The summed E-state index contributed by atoms with van der Waals surface area (Å²) in [5.41, 5.74) is 1.68. The zero-order chi connectivity index (χ0) is 14.0. The summed E-state index contributed by atoms with van der Waals surface area (Å²) in [4.78, 5) is 10.5. The number of carbonyl (C=O) groups is 1. The second-order valence-corrected chi connectivity index (χ2v) is 5.09. The highest BCUT2D eigenvalue weighted by molar-refractivity contribution is 5.66. The Morgan fingerprint density at radius 1 is 1.42 bits per heavy atom. The highest BCUT2D eigenvalue weighted by Gasteiger charge is 2.34. The fourth-order valence-electron chi connectivity index (χ4n) is 2.33. The molecule has 1 aliphatic rings. The van der Waals surface area contributed by atoms with Crippen LogP contribution >= 0.6 is 0 Å². The largest absolute Gasteiger partial charge is 0.481 e. The van der Waals surface area contributed by atoms with E-state index in [1.807, 2.05) is 0 Å². The maximum atomic E-state index is 14.1. The maximum absolute atomic E-state index is 14.1. The quantitative estimate of drug-likeness (QED) is 0.892. The minimum Gasteiger partial charge on any atom is -0.481 e. The van der Waals surface area contributed by atoms with E-state index >= 15 is 0 Å². The van der Waals surface area contributed by atoms with Crippen molar-refractivity contribution in [2.45, 2.75) is 38.9 Å². The van der Waals surface area contributed by atoms with Gasteiger partial charge in [-0.3, -0.25) is 4.79 Å². The Labute approximate surface area is 110 Å². The standard InChI is InChI=1S/C14H16F2O3/c1-9(4-13(17)18)6-14(15,16)12-3-2-10-7-19-8-11(10)5-12/h2-3,5,9H,4,6-8H2,1H3,(H,17,18). The smallest absolute Gasteiger partial charge is 0.303 e. The Balaban J connectivity index is 2.12. The Kier molecular flexibility index (Phi) is 3.85. The second kappa shape index (κ2) is 5.25. The minimum atomic E-state index is -3.01. The lowest BCUT2D eigenvalue weighted by Gasteiger charge is -2.20. The fourth-order valence-corrected chi connectivity index (χ4v) is 2.33. The molecule has 0 bridgehead atoms. The van der Waals surface area contributed by atoms with Crippen molar-refractivity contribution in [1.82, 2.24) is 0 Å². The highest BCUT2D eigenvalue weighted by Crippen LogP contribution is 2.37. The number of carboxylic acid groups (broad SMARTS) is 1. The summed E-state index contributed by atoms with van der Waals surface area (Å²) in [5.74, 6) is -4.63. The van der Waals surface area contributed by atoms with Gasteiger partial charge in [0, 0.05) is 18.4 Å². The van der Waals surface area contributed by atoms with Gasteiger partial charge in [0.1, 0.15) is 0 Å². The van der Waals surface area contributed by atoms with Gasteiger partial charge in [-0.2, -0.15) is 0 Å². The normalized spacial score (nSPS) is 16.2. The molecular formula is C14H16F2O3. The summed E-state index contributed by atoms with van der Waals surface area (Å²) in [6.45, 7) is 2.36. The molecule has 1 aliphatic heterocycles. The van der Waals surface area contributed by atoms with Crippen LogP contribution in [0.5, 0.6) is 0 Å². The van der Waals surface area contributed by atoms with Crippen LogP contribution in [0, 0.1) is 5.92 Å². The van der Waals surface area contributed by atoms with Gasteiger partial charge in [-0.15, -0.1) is 0 Å². The van der Waals surface area contributed by atoms with Crippen LogP contribution in [0.25, 0.3) is 0 Å². The van der Waals surface area contributed by atoms with Crippen LogP contribution in [-0.2, 0) is 28.7 Å². The molecule has 2 rings (SSSR count). The summed E-state index contributed by atoms with van der Waals surface area (Å²) >= 11 is 0. The number of hydrogen-bond acceptors (Lipinski definition) is 2. The van der Waals surface area contributed by atoms with Crippen LogP contribution in [0.1, 0.15) is 36.5 Å². The second-order valence-electron chi connectivity index (χ2n) is 5.09. The third-order valence-electron chi connectivity index (χ3n) is 3.27. The first-order chi connectivity index (χ1) is 8.88. The predicted octanol–water partition coefficient (Wildman–Crippen LogP) is 3.31. The van der Waals surface area contributed by atoms with Crippen LogP contribution in [0.3, 0.4) is 0 Å². The fraction of sp³-hybridized carbons (Fsp3) is 0.500. The lowest BCUT2D eigenvalue weighted by Crippen LogP contribution is -2.19. The molecule has 0 aliphatic carbocycles. The SMILES string of the molecule is CC(CC(=O)O)CC(F)(F)c1ccc2c(c1)COC2. The Morgan fingerprint density at radius 2 is 2.11 bits per heavy atom. The van der Waals surface area contributed by atoms with E-state index in [4.69, 9.17) is 9.84 Å². The summed E-state index contributed by atoms with van der Waals surface area (Å²) < 4.78 is 33.4. The van der Waals surface area contributed by atoms with Crippen molar-refractivity contribution in [3.63, 3.8) is 0 Å². The number of hydrogen-bond donors (Lipinski definition) is 1. The average Bonchev–Trinajstić information content (AvgIpc) is 2.73. The Morgan fingerprint density at radius 3 is 2.79 bits per heavy atom. The van der Waals surface area contributed by atoms with Gasteiger partial charge in [-0.05, 0) is 23.1 Å². The molecule has 1 unspecified atom stereocenters. The molecular weight excluding hydrogens is 254 g/mol. The number of ether oxygens (including phenoxy) is 1. The highest BCUT2D eigenvalue weighted by atomic mass is 19.3. The number of halogens is 2. The molecule has 0 fully saturated rings. The van der Waals surface area contributed by atoms with Gasteiger partial charge in [-0.1, -0.05) is 19.1 Å². The monoisotopic (exact) mass is 270 g/mol. The van der Waals surface area contributed by atoms with Gasteiger partial charge in [0.05, 0.1) is 13.2 Å². The van der Waals surface area contributed by atoms with E-state index in [1.54, 1.807) is 6.07 Å². The Hall–Kier alpha value is -1.49. The summed E-state index contributed by atoms with van der Waals surface area (Å²) in [6.07, 6.45) is -0.706. The van der Waals surface area contributed by atoms with Crippen molar-refractivity contribution in [3.8, 4) is 0 Å². The first kappa shape index (κ1) is 13.9. The van der Waals surface area contributed by atoms with E-state index in [-0.39, 0.29) is 12.0 Å². The Bertz CT molecular complexity index is 486. The zero-order valence-corrected chi connectivity index (χ0v) is 10.7. The average molecular weight is 270 g/mol. The van der Waals surface area contributed by atoms with E-state index in [2.05, 4.69) is 0 Å². The molecule has 1 heterocycles. The zero-order valence-electron chi connectivity index (χ0n) is 10.7. The van der Waals surface area contributed by atoms with Crippen molar-refractivity contribution in [3.05, 3.63) is 34.9 Å². The molecule has 1 atom stereocenters.